The van der Waals surface area contributed by atoms with Crippen molar-refractivity contribution in [2.45, 2.75) is 18.9 Å². The maximum absolute atomic E-state index is 13.0. The average Bonchev–Trinajstić information content (AvgIpc) is 2.23. The van der Waals surface area contributed by atoms with Crippen molar-refractivity contribution in [3.63, 3.8) is 0 Å². The number of halogens is 2. The number of hydrogen-bond acceptors (Lipinski definition) is 2. The summed E-state index contributed by atoms with van der Waals surface area (Å²) in [5.41, 5.74) is 6.90. The van der Waals surface area contributed by atoms with Crippen molar-refractivity contribution in [3.05, 3.63) is 28.5 Å². The van der Waals surface area contributed by atoms with E-state index in [1.54, 1.807) is 0 Å². The predicted octanol–water partition coefficient (Wildman–Crippen LogP) is 2.52. The van der Waals surface area contributed by atoms with Gasteiger partial charge >= 0.3 is 0 Å². The molecule has 2 rings (SSSR count). The van der Waals surface area contributed by atoms with E-state index in [9.17, 15) is 4.39 Å². The van der Waals surface area contributed by atoms with E-state index in [2.05, 4.69) is 20.8 Å². The van der Waals surface area contributed by atoms with Crippen LogP contribution < -0.4 is 10.6 Å². The Labute approximate surface area is 97.4 Å². The maximum Gasteiger partial charge on any atom is 0.137 e. The lowest BCUT2D eigenvalue weighted by Crippen LogP contribution is -2.39. The first-order valence-corrected chi connectivity index (χ1v) is 5.91. The molecule has 0 bridgehead atoms. The monoisotopic (exact) mass is 272 g/mol. The van der Waals surface area contributed by atoms with Crippen LogP contribution >= 0.6 is 15.9 Å². The minimum absolute atomic E-state index is 0.215. The summed E-state index contributed by atoms with van der Waals surface area (Å²) in [5.74, 6) is -0.215. The lowest BCUT2D eigenvalue weighted by atomic mass is 10.1. The van der Waals surface area contributed by atoms with Gasteiger partial charge in [-0.2, -0.15) is 0 Å². The Kier molecular flexibility index (Phi) is 3.26. The molecule has 2 nitrogen and oxygen atoms in total. The van der Waals surface area contributed by atoms with Crippen LogP contribution in [0.4, 0.5) is 10.1 Å². The number of nitrogens with two attached hydrogens (primary N) is 1. The Morgan fingerprint density at radius 2 is 2.00 bits per heavy atom. The van der Waals surface area contributed by atoms with Gasteiger partial charge in [-0.05, 0) is 47.0 Å². The topological polar surface area (TPSA) is 29.3 Å². The molecule has 1 heterocycles. The van der Waals surface area contributed by atoms with Gasteiger partial charge < -0.3 is 10.6 Å². The zero-order valence-corrected chi connectivity index (χ0v) is 10.0. The highest BCUT2D eigenvalue weighted by atomic mass is 79.9. The van der Waals surface area contributed by atoms with Crippen LogP contribution in [-0.2, 0) is 0 Å². The molecule has 1 aliphatic rings. The molecule has 0 aromatic heterocycles. The Morgan fingerprint density at radius 3 is 2.60 bits per heavy atom. The number of anilines is 1. The summed E-state index contributed by atoms with van der Waals surface area (Å²) in [5, 5.41) is 0. The predicted molar refractivity (Wildman–Crippen MR) is 63.5 cm³/mol. The molecule has 0 saturated carbocycles. The van der Waals surface area contributed by atoms with E-state index in [0.717, 1.165) is 31.6 Å². The van der Waals surface area contributed by atoms with Gasteiger partial charge in [-0.15, -0.1) is 0 Å². The molecule has 1 aliphatic heterocycles. The van der Waals surface area contributed by atoms with Crippen LogP contribution in [0.2, 0.25) is 0 Å². The second-order valence-corrected chi connectivity index (χ2v) is 4.78. The van der Waals surface area contributed by atoms with E-state index >= 15 is 0 Å². The van der Waals surface area contributed by atoms with Gasteiger partial charge in [-0.1, -0.05) is 0 Å². The Bertz CT molecular complexity index is 348. The number of hydrogen-bond donors (Lipinski definition) is 1. The van der Waals surface area contributed by atoms with Gasteiger partial charge in [0.15, 0.2) is 0 Å². The van der Waals surface area contributed by atoms with Crippen LogP contribution in [0.5, 0.6) is 0 Å². The quantitative estimate of drug-likeness (QED) is 0.851. The van der Waals surface area contributed by atoms with Crippen LogP contribution in [0, 0.1) is 5.82 Å². The number of rotatable bonds is 1. The summed E-state index contributed by atoms with van der Waals surface area (Å²) >= 11 is 3.20. The van der Waals surface area contributed by atoms with Crippen LogP contribution in [-0.4, -0.2) is 19.1 Å². The van der Waals surface area contributed by atoms with Crippen LogP contribution in [0.3, 0.4) is 0 Å². The average molecular weight is 273 g/mol. The summed E-state index contributed by atoms with van der Waals surface area (Å²) in [7, 11) is 0. The normalized spacial score (nSPS) is 18.2. The van der Waals surface area contributed by atoms with Crippen LogP contribution in [0.1, 0.15) is 12.8 Å². The third kappa shape index (κ3) is 2.49. The van der Waals surface area contributed by atoms with E-state index in [1.165, 1.54) is 6.07 Å². The molecule has 0 radical (unpaired) electrons. The van der Waals surface area contributed by atoms with Gasteiger partial charge in [0.25, 0.3) is 0 Å². The van der Waals surface area contributed by atoms with Crippen molar-refractivity contribution in [1.82, 2.24) is 0 Å². The summed E-state index contributed by atoms with van der Waals surface area (Å²) in [6.45, 7) is 1.92. The van der Waals surface area contributed by atoms with Crippen molar-refractivity contribution in [1.29, 1.82) is 0 Å². The van der Waals surface area contributed by atoms with E-state index in [-0.39, 0.29) is 5.82 Å². The summed E-state index contributed by atoms with van der Waals surface area (Å²) in [6.07, 6.45) is 2.02. The first-order chi connectivity index (χ1) is 7.16. The van der Waals surface area contributed by atoms with Gasteiger partial charge in [-0.3, -0.25) is 0 Å². The highest BCUT2D eigenvalue weighted by molar-refractivity contribution is 9.10. The zero-order valence-electron chi connectivity index (χ0n) is 8.42. The van der Waals surface area contributed by atoms with Crippen LogP contribution in [0.25, 0.3) is 0 Å². The largest absolute Gasteiger partial charge is 0.371 e. The van der Waals surface area contributed by atoms with Crippen molar-refractivity contribution < 1.29 is 4.39 Å². The summed E-state index contributed by atoms with van der Waals surface area (Å²) in [6, 6.07) is 5.46. The number of piperidine rings is 1. The lowest BCUT2D eigenvalue weighted by Gasteiger charge is -2.32. The summed E-state index contributed by atoms with van der Waals surface area (Å²) < 4.78 is 13.6. The van der Waals surface area contributed by atoms with Crippen molar-refractivity contribution in [2.24, 2.45) is 5.73 Å². The minimum atomic E-state index is -0.215. The molecular formula is C11H14BrFN2. The van der Waals surface area contributed by atoms with Gasteiger partial charge in [0, 0.05) is 24.8 Å². The van der Waals surface area contributed by atoms with Gasteiger partial charge in [0.2, 0.25) is 0 Å². The molecule has 4 heteroatoms. The van der Waals surface area contributed by atoms with Crippen LogP contribution in [0.15, 0.2) is 22.7 Å². The fourth-order valence-corrected chi connectivity index (χ4v) is 2.21. The Morgan fingerprint density at radius 1 is 1.33 bits per heavy atom. The number of benzene rings is 1. The second-order valence-electron chi connectivity index (χ2n) is 3.92. The molecule has 0 amide bonds. The molecule has 0 atom stereocenters. The number of nitrogens with zero attached hydrogens (tertiary/aromatic N) is 1. The van der Waals surface area contributed by atoms with Crippen molar-refractivity contribution in [3.8, 4) is 0 Å². The standard InChI is InChI=1S/C11H14BrFN2/c12-10-7-9(1-2-11(10)13)15-5-3-8(14)4-6-15/h1-2,7-8H,3-6,14H2. The minimum Gasteiger partial charge on any atom is -0.371 e. The Hall–Kier alpha value is -0.610. The van der Waals surface area contributed by atoms with Crippen molar-refractivity contribution >= 4 is 21.6 Å². The van der Waals surface area contributed by atoms with Gasteiger partial charge in [0.05, 0.1) is 4.47 Å². The smallest absolute Gasteiger partial charge is 0.137 e. The first kappa shape index (κ1) is 10.9. The van der Waals surface area contributed by atoms with E-state index in [0.29, 0.717) is 10.5 Å². The SMILES string of the molecule is NC1CCN(c2ccc(F)c(Br)c2)CC1. The molecule has 2 N–H and O–H groups in total. The third-order valence-corrected chi connectivity index (χ3v) is 3.42. The van der Waals surface area contributed by atoms with E-state index < -0.39 is 0 Å². The first-order valence-electron chi connectivity index (χ1n) is 5.12. The molecule has 1 aromatic rings. The lowest BCUT2D eigenvalue weighted by molar-refractivity contribution is 0.501. The zero-order chi connectivity index (χ0) is 10.8. The third-order valence-electron chi connectivity index (χ3n) is 2.81. The molecular weight excluding hydrogens is 259 g/mol. The molecule has 15 heavy (non-hydrogen) atoms. The van der Waals surface area contributed by atoms with E-state index in [4.69, 9.17) is 5.73 Å². The fraction of sp³-hybridized carbons (Fsp3) is 0.455. The van der Waals surface area contributed by atoms with Gasteiger partial charge in [0.1, 0.15) is 5.82 Å². The maximum atomic E-state index is 13.0. The molecule has 0 unspecified atom stereocenters. The molecule has 1 fully saturated rings. The Balaban J connectivity index is 2.12. The summed E-state index contributed by atoms with van der Waals surface area (Å²) in [4.78, 5) is 2.24. The molecule has 82 valence electrons. The highest BCUT2D eigenvalue weighted by Crippen LogP contribution is 2.25. The molecule has 0 spiro atoms. The van der Waals surface area contributed by atoms with E-state index in [1.807, 2.05) is 12.1 Å². The second kappa shape index (κ2) is 4.49. The van der Waals surface area contributed by atoms with Crippen molar-refractivity contribution in [2.75, 3.05) is 18.0 Å². The molecule has 1 aromatic carbocycles. The highest BCUT2D eigenvalue weighted by Gasteiger charge is 2.16. The van der Waals surface area contributed by atoms with Gasteiger partial charge in [-0.25, -0.2) is 4.39 Å². The fourth-order valence-electron chi connectivity index (χ4n) is 1.84. The molecule has 1 saturated heterocycles. The molecule has 0 aliphatic carbocycles.